The Kier molecular flexibility index (Phi) is 7.69. The zero-order valence-corrected chi connectivity index (χ0v) is 22.3. The van der Waals surface area contributed by atoms with Gasteiger partial charge in [0, 0.05) is 5.56 Å². The predicted octanol–water partition coefficient (Wildman–Crippen LogP) is 6.04. The van der Waals surface area contributed by atoms with E-state index in [-0.39, 0.29) is 24.0 Å². The highest BCUT2D eigenvalue weighted by Crippen LogP contribution is 2.55. The molecule has 0 atom stereocenters. The first-order valence-electron chi connectivity index (χ1n) is 10.6. The summed E-state index contributed by atoms with van der Waals surface area (Å²) in [5, 5.41) is 5.00. The number of thioether (sulfide) groups is 1. The van der Waals surface area contributed by atoms with Crippen molar-refractivity contribution in [3.8, 4) is 11.4 Å². The quantitative estimate of drug-likeness (QED) is 0.151. The van der Waals surface area contributed by atoms with Crippen LogP contribution in [0.15, 0.2) is 126 Å². The molecule has 0 aliphatic heterocycles. The minimum absolute atomic E-state index is 0. The van der Waals surface area contributed by atoms with Gasteiger partial charge in [0.05, 0.1) is 0 Å². The van der Waals surface area contributed by atoms with Crippen LogP contribution in [0.25, 0.3) is 11.4 Å². The summed E-state index contributed by atoms with van der Waals surface area (Å²) in [6.45, 7) is 0. The maximum absolute atomic E-state index is 5.08. The van der Waals surface area contributed by atoms with Gasteiger partial charge in [-0.2, -0.15) is 0 Å². The van der Waals surface area contributed by atoms with Crippen LogP contribution >= 0.6 is 43.0 Å². The number of hydrogen-bond acceptors (Lipinski definition) is 2. The van der Waals surface area contributed by atoms with Gasteiger partial charge in [0.15, 0.2) is 12.3 Å². The highest BCUT2D eigenvalue weighted by Gasteiger charge is 2.51. The van der Waals surface area contributed by atoms with Crippen molar-refractivity contribution in [2.75, 3.05) is 6.26 Å². The fourth-order valence-corrected chi connectivity index (χ4v) is 9.49. The molecule has 1 aromatic heterocycles. The molecular weight excluding hydrogens is 554 g/mol. The minimum atomic E-state index is -2.20. The van der Waals surface area contributed by atoms with E-state index in [2.05, 4.69) is 127 Å². The molecule has 33 heavy (non-hydrogen) atoms. The van der Waals surface area contributed by atoms with Crippen molar-refractivity contribution in [2.45, 2.75) is 5.03 Å². The summed E-state index contributed by atoms with van der Waals surface area (Å²) in [6.07, 6.45) is 2.12. The molecule has 0 saturated carbocycles. The molecule has 0 spiro atoms. The van der Waals surface area contributed by atoms with Crippen molar-refractivity contribution in [2.24, 2.45) is 0 Å². The van der Waals surface area contributed by atoms with Crippen LogP contribution in [-0.4, -0.2) is 16.2 Å². The molecule has 0 radical (unpaired) electrons. The minimum Gasteiger partial charge on any atom is -0.307 e. The van der Waals surface area contributed by atoms with E-state index in [4.69, 9.17) is 4.98 Å². The van der Waals surface area contributed by atoms with Crippen molar-refractivity contribution < 1.29 is 0 Å². The second-order valence-corrected chi connectivity index (χ2v) is 11.6. The standard InChI is InChI=1S/C28H24N2PS.HI/c1-32-28-27(29-26(30-28)22-14-6-2-7-15-22)31(23-16-8-3-9-17-23,24-18-10-4-11-19-24)25-20-12-5-13-21-25;/h2-21H,1H3,(H,29,30);1H/q+1;. The Morgan fingerprint density at radius 2 is 1.00 bits per heavy atom. The van der Waals surface area contributed by atoms with E-state index in [1.54, 1.807) is 11.8 Å². The molecule has 0 bridgehead atoms. The Balaban J connectivity index is 0.00000259. The van der Waals surface area contributed by atoms with Gasteiger partial charge in [0.25, 0.3) is 0 Å². The molecular formula is C28H25IN2PS+. The lowest BCUT2D eigenvalue weighted by Gasteiger charge is -2.26. The van der Waals surface area contributed by atoms with Gasteiger partial charge < -0.3 is 4.98 Å². The van der Waals surface area contributed by atoms with Crippen LogP contribution in [0, 0.1) is 0 Å². The molecule has 2 nitrogen and oxygen atoms in total. The van der Waals surface area contributed by atoms with E-state index in [1.165, 1.54) is 21.3 Å². The van der Waals surface area contributed by atoms with Crippen molar-refractivity contribution in [3.63, 3.8) is 0 Å². The lowest BCUT2D eigenvalue weighted by Crippen LogP contribution is -2.40. The molecule has 4 aromatic carbocycles. The third kappa shape index (κ3) is 4.40. The van der Waals surface area contributed by atoms with Crippen molar-refractivity contribution >= 4 is 64.3 Å². The molecule has 0 aliphatic carbocycles. The molecule has 0 unspecified atom stereocenters. The van der Waals surface area contributed by atoms with Crippen LogP contribution in [0.3, 0.4) is 0 Å². The molecule has 0 amide bonds. The van der Waals surface area contributed by atoms with E-state index >= 15 is 0 Å². The summed E-state index contributed by atoms with van der Waals surface area (Å²) in [5.41, 5.74) is 2.30. The second-order valence-electron chi connectivity index (χ2n) is 7.49. The summed E-state index contributed by atoms with van der Waals surface area (Å²) in [7, 11) is -2.20. The number of aromatic nitrogens is 2. The molecule has 5 rings (SSSR count). The highest BCUT2D eigenvalue weighted by molar-refractivity contribution is 14.0. The topological polar surface area (TPSA) is 28.7 Å². The van der Waals surface area contributed by atoms with E-state index in [0.717, 1.165) is 16.4 Å². The zero-order chi connectivity index (χ0) is 21.8. The maximum atomic E-state index is 5.08. The van der Waals surface area contributed by atoms with Gasteiger partial charge in [-0.1, -0.05) is 84.9 Å². The van der Waals surface area contributed by atoms with Crippen LogP contribution in [0.2, 0.25) is 0 Å². The number of nitrogens with one attached hydrogen (secondary N) is 1. The average molecular weight is 579 g/mol. The molecule has 0 saturated heterocycles. The molecule has 1 N–H and O–H groups in total. The van der Waals surface area contributed by atoms with Crippen LogP contribution in [0.4, 0.5) is 0 Å². The first-order chi connectivity index (χ1) is 15.8. The first kappa shape index (κ1) is 23.7. The third-order valence-corrected chi connectivity index (χ3v) is 10.7. The van der Waals surface area contributed by atoms with Gasteiger partial charge in [0.2, 0.25) is 5.44 Å². The maximum Gasteiger partial charge on any atom is 0.210 e. The predicted molar refractivity (Wildman–Crippen MR) is 156 cm³/mol. The highest BCUT2D eigenvalue weighted by atomic mass is 127. The number of rotatable bonds is 6. The number of halogens is 1. The summed E-state index contributed by atoms with van der Waals surface area (Å²) in [6, 6.07) is 43.1. The van der Waals surface area contributed by atoms with Crippen LogP contribution in [0.5, 0.6) is 0 Å². The Bertz CT molecular complexity index is 1200. The van der Waals surface area contributed by atoms with E-state index < -0.39 is 7.26 Å². The largest absolute Gasteiger partial charge is 0.307 e. The number of H-pyrrole nitrogens is 1. The van der Waals surface area contributed by atoms with Crippen molar-refractivity contribution in [3.05, 3.63) is 121 Å². The summed E-state index contributed by atoms with van der Waals surface area (Å²) >= 11 is 1.71. The number of hydrogen-bond donors (Lipinski definition) is 1. The number of nitrogens with zero attached hydrogens (tertiary/aromatic N) is 1. The Labute approximate surface area is 217 Å². The summed E-state index contributed by atoms with van der Waals surface area (Å²) < 4.78 is 0. The molecule has 5 aromatic rings. The zero-order valence-electron chi connectivity index (χ0n) is 18.3. The molecule has 164 valence electrons. The van der Waals surface area contributed by atoms with Gasteiger partial charge in [-0.05, 0) is 42.7 Å². The van der Waals surface area contributed by atoms with Gasteiger partial charge in [-0.15, -0.1) is 35.7 Å². The lowest BCUT2D eigenvalue weighted by atomic mass is 10.2. The van der Waals surface area contributed by atoms with Crippen LogP contribution in [-0.2, 0) is 0 Å². The van der Waals surface area contributed by atoms with Gasteiger partial charge in [-0.3, -0.25) is 0 Å². The molecule has 1 heterocycles. The van der Waals surface area contributed by atoms with E-state index in [1.807, 2.05) is 6.07 Å². The number of benzene rings is 4. The number of aromatic amines is 1. The van der Waals surface area contributed by atoms with E-state index in [9.17, 15) is 0 Å². The van der Waals surface area contributed by atoms with Gasteiger partial charge in [-0.25, -0.2) is 4.98 Å². The summed E-state index contributed by atoms with van der Waals surface area (Å²) in [4.78, 5) is 8.88. The van der Waals surface area contributed by atoms with E-state index in [0.29, 0.717) is 0 Å². The Morgan fingerprint density at radius 3 is 1.39 bits per heavy atom. The summed E-state index contributed by atoms with van der Waals surface area (Å²) in [5.74, 6) is 0.914. The SMILES string of the molecule is CSc1nc(-c2ccccc2)[nH]c1[P+](c1ccccc1)(c1ccccc1)c1ccccc1.I. The Morgan fingerprint density at radius 1 is 0.606 bits per heavy atom. The van der Waals surface area contributed by atoms with Crippen molar-refractivity contribution in [1.82, 2.24) is 9.97 Å². The lowest BCUT2D eigenvalue weighted by molar-refractivity contribution is 1.22. The smallest absolute Gasteiger partial charge is 0.210 e. The fraction of sp³-hybridized carbons (Fsp3) is 0.0357. The Hall–Kier alpha value is -2.40. The molecule has 0 fully saturated rings. The van der Waals surface area contributed by atoms with Gasteiger partial charge >= 0.3 is 0 Å². The monoisotopic (exact) mass is 579 g/mol. The molecule has 5 heteroatoms. The van der Waals surface area contributed by atoms with Crippen molar-refractivity contribution in [1.29, 1.82) is 0 Å². The third-order valence-electron chi connectivity index (χ3n) is 5.66. The fourth-order valence-electron chi connectivity index (χ4n) is 4.24. The second kappa shape index (κ2) is 10.7. The average Bonchev–Trinajstić information content (AvgIpc) is 3.32. The van der Waals surface area contributed by atoms with Crippen LogP contribution in [0.1, 0.15) is 0 Å². The molecule has 0 aliphatic rings. The van der Waals surface area contributed by atoms with Crippen LogP contribution < -0.4 is 21.3 Å². The van der Waals surface area contributed by atoms with Gasteiger partial charge in [0.1, 0.15) is 21.7 Å². The normalized spacial score (nSPS) is 11.1. The number of imidazole rings is 1. The first-order valence-corrected chi connectivity index (χ1v) is 13.6.